The zero-order valence-electron chi connectivity index (χ0n) is 17.5. The molecule has 0 radical (unpaired) electrons. The number of likely N-dealkylation sites (N-methyl/N-ethyl adjacent to an activating group) is 1. The van der Waals surface area contributed by atoms with Crippen LogP contribution in [0, 0.1) is 45.3 Å². The number of ether oxygens (including phenoxy) is 2. The lowest BCUT2D eigenvalue weighted by atomic mass is 9.58. The summed E-state index contributed by atoms with van der Waals surface area (Å²) < 4.78 is 11.4. The second-order valence-electron chi connectivity index (χ2n) is 7.47. The van der Waals surface area contributed by atoms with Crippen LogP contribution in [-0.2, 0) is 0 Å². The van der Waals surface area contributed by atoms with Gasteiger partial charge in [-0.25, -0.2) is 0 Å². The molecule has 154 valence electrons. The Labute approximate surface area is 177 Å². The van der Waals surface area contributed by atoms with Crippen molar-refractivity contribution in [3.8, 4) is 29.7 Å². The average molecular weight is 403 g/mol. The van der Waals surface area contributed by atoms with Crippen LogP contribution in [0.2, 0.25) is 0 Å². The first kappa shape index (κ1) is 21.2. The van der Waals surface area contributed by atoms with E-state index in [1.807, 2.05) is 39.1 Å². The largest absolute Gasteiger partial charge is 0.490 e. The number of hydrogen-bond acceptors (Lipinski definition) is 7. The highest BCUT2D eigenvalue weighted by atomic mass is 16.5. The van der Waals surface area contributed by atoms with Gasteiger partial charge in [0.05, 0.1) is 36.6 Å². The van der Waals surface area contributed by atoms with E-state index in [-0.39, 0.29) is 17.2 Å². The van der Waals surface area contributed by atoms with Gasteiger partial charge in [0.1, 0.15) is 6.07 Å². The predicted octanol–water partition coefficient (Wildman–Crippen LogP) is 2.84. The fraction of sp³-hybridized carbons (Fsp3) is 0.435. The normalized spacial score (nSPS) is 22.7. The number of nitrogens with two attached hydrogens (primary N) is 1. The van der Waals surface area contributed by atoms with Crippen LogP contribution in [0.1, 0.15) is 25.3 Å². The first-order valence-electron chi connectivity index (χ1n) is 9.98. The van der Waals surface area contributed by atoms with Gasteiger partial charge in [-0.15, -0.1) is 0 Å². The van der Waals surface area contributed by atoms with Crippen molar-refractivity contribution in [2.45, 2.75) is 19.8 Å². The van der Waals surface area contributed by atoms with Gasteiger partial charge in [0, 0.05) is 24.9 Å². The summed E-state index contributed by atoms with van der Waals surface area (Å²) in [7, 11) is 1.97. The van der Waals surface area contributed by atoms with Gasteiger partial charge in [0.25, 0.3) is 0 Å². The van der Waals surface area contributed by atoms with Gasteiger partial charge in [-0.1, -0.05) is 12.1 Å². The zero-order chi connectivity index (χ0) is 21.9. The van der Waals surface area contributed by atoms with Gasteiger partial charge >= 0.3 is 0 Å². The Morgan fingerprint density at radius 2 is 1.80 bits per heavy atom. The summed E-state index contributed by atoms with van der Waals surface area (Å²) in [5.74, 6) is 0.395. The summed E-state index contributed by atoms with van der Waals surface area (Å²) >= 11 is 0. The molecule has 1 aliphatic heterocycles. The van der Waals surface area contributed by atoms with Crippen molar-refractivity contribution in [2.75, 3.05) is 33.4 Å². The molecule has 0 saturated heterocycles. The number of fused-ring (bicyclic) bond motifs is 1. The summed E-state index contributed by atoms with van der Waals surface area (Å²) in [5, 5.41) is 30.0. The standard InChI is InChI=1S/C23H25N5O2/c1-4-29-19-7-6-15(10-20(19)30-5-2)21-18-12-28(3)9-8-16(18)17(11-24)22(27)23(21,13-25)14-26/h6-8,10,18,21H,4-5,9,12,27H2,1-3H3/t18-,21-/m0/s1. The fourth-order valence-electron chi connectivity index (χ4n) is 4.46. The van der Waals surface area contributed by atoms with E-state index < -0.39 is 11.3 Å². The highest BCUT2D eigenvalue weighted by Gasteiger charge is 2.54. The Balaban J connectivity index is 2.27. The Kier molecular flexibility index (Phi) is 6.01. The number of nitrogens with zero attached hydrogens (tertiary/aromatic N) is 4. The molecule has 0 unspecified atom stereocenters. The van der Waals surface area contributed by atoms with Gasteiger partial charge in [-0.2, -0.15) is 15.8 Å². The smallest absolute Gasteiger partial charge is 0.191 e. The number of benzene rings is 1. The maximum atomic E-state index is 10.1. The van der Waals surface area contributed by atoms with Gasteiger partial charge in [0.2, 0.25) is 0 Å². The molecule has 0 spiro atoms. The van der Waals surface area contributed by atoms with Gasteiger partial charge < -0.3 is 20.1 Å². The molecule has 2 N–H and O–H groups in total. The maximum absolute atomic E-state index is 10.1. The van der Waals surface area contributed by atoms with Crippen molar-refractivity contribution in [3.63, 3.8) is 0 Å². The molecule has 2 atom stereocenters. The fourth-order valence-corrected chi connectivity index (χ4v) is 4.46. The second-order valence-corrected chi connectivity index (χ2v) is 7.47. The molecular weight excluding hydrogens is 378 g/mol. The minimum absolute atomic E-state index is 0.0268. The van der Waals surface area contributed by atoms with Crippen molar-refractivity contribution in [3.05, 3.63) is 46.7 Å². The third-order valence-electron chi connectivity index (χ3n) is 5.77. The Morgan fingerprint density at radius 1 is 1.13 bits per heavy atom. The molecule has 1 aromatic rings. The minimum Gasteiger partial charge on any atom is -0.490 e. The third kappa shape index (κ3) is 3.26. The van der Waals surface area contributed by atoms with Gasteiger partial charge in [-0.3, -0.25) is 0 Å². The van der Waals surface area contributed by atoms with Crippen LogP contribution in [0.15, 0.2) is 41.1 Å². The Morgan fingerprint density at radius 3 is 2.40 bits per heavy atom. The Bertz CT molecular complexity index is 1010. The van der Waals surface area contributed by atoms with Crippen LogP contribution in [0.4, 0.5) is 0 Å². The molecule has 0 amide bonds. The number of allylic oxidation sites excluding steroid dienone is 2. The quantitative estimate of drug-likeness (QED) is 0.803. The zero-order valence-corrected chi connectivity index (χ0v) is 17.5. The lowest BCUT2D eigenvalue weighted by molar-refractivity contribution is 0.236. The topological polar surface area (TPSA) is 119 Å². The molecule has 7 heteroatoms. The summed E-state index contributed by atoms with van der Waals surface area (Å²) in [6.07, 6.45) is 1.98. The van der Waals surface area contributed by atoms with E-state index in [0.29, 0.717) is 37.8 Å². The minimum atomic E-state index is -1.65. The molecule has 1 aliphatic carbocycles. The van der Waals surface area contributed by atoms with E-state index in [1.165, 1.54) is 0 Å². The molecule has 1 heterocycles. The number of hydrogen-bond donors (Lipinski definition) is 1. The van der Waals surface area contributed by atoms with E-state index in [4.69, 9.17) is 15.2 Å². The van der Waals surface area contributed by atoms with Crippen LogP contribution in [0.25, 0.3) is 0 Å². The van der Waals surface area contributed by atoms with Gasteiger partial charge in [0.15, 0.2) is 16.9 Å². The average Bonchev–Trinajstić information content (AvgIpc) is 2.75. The monoisotopic (exact) mass is 403 g/mol. The molecule has 0 fully saturated rings. The highest BCUT2D eigenvalue weighted by Crippen LogP contribution is 2.54. The molecule has 30 heavy (non-hydrogen) atoms. The number of rotatable bonds is 5. The molecule has 7 nitrogen and oxygen atoms in total. The van der Waals surface area contributed by atoms with E-state index >= 15 is 0 Å². The maximum Gasteiger partial charge on any atom is 0.191 e. The third-order valence-corrected chi connectivity index (χ3v) is 5.77. The van der Waals surface area contributed by atoms with Crippen LogP contribution < -0.4 is 15.2 Å². The van der Waals surface area contributed by atoms with E-state index in [1.54, 1.807) is 6.07 Å². The van der Waals surface area contributed by atoms with Crippen LogP contribution in [0.3, 0.4) is 0 Å². The summed E-state index contributed by atoms with van der Waals surface area (Å²) in [6, 6.07) is 12.0. The van der Waals surface area contributed by atoms with Crippen molar-refractivity contribution < 1.29 is 9.47 Å². The lowest BCUT2D eigenvalue weighted by Crippen LogP contribution is -2.47. The van der Waals surface area contributed by atoms with Crippen LogP contribution in [-0.4, -0.2) is 38.3 Å². The van der Waals surface area contributed by atoms with Crippen molar-refractivity contribution in [1.82, 2.24) is 4.90 Å². The number of nitriles is 3. The summed E-state index contributed by atoms with van der Waals surface area (Å²) in [5.41, 5.74) is 6.54. The lowest BCUT2D eigenvalue weighted by Gasteiger charge is -2.45. The van der Waals surface area contributed by atoms with Crippen molar-refractivity contribution >= 4 is 0 Å². The van der Waals surface area contributed by atoms with E-state index in [9.17, 15) is 15.8 Å². The molecule has 0 saturated carbocycles. The SMILES string of the molecule is CCOc1ccc([C@H]2[C@H]3CN(C)CC=C3C(C#N)=C(N)C2(C#N)C#N)cc1OCC. The first-order valence-corrected chi connectivity index (χ1v) is 9.98. The Hall–Kier alpha value is -3.47. The summed E-state index contributed by atoms with van der Waals surface area (Å²) in [4.78, 5) is 2.11. The summed E-state index contributed by atoms with van der Waals surface area (Å²) in [6.45, 7) is 6.01. The van der Waals surface area contributed by atoms with E-state index in [2.05, 4.69) is 23.1 Å². The van der Waals surface area contributed by atoms with Crippen LogP contribution >= 0.6 is 0 Å². The molecule has 1 aromatic carbocycles. The van der Waals surface area contributed by atoms with Crippen LogP contribution in [0.5, 0.6) is 11.5 Å². The van der Waals surface area contributed by atoms with E-state index in [0.717, 1.165) is 11.1 Å². The second kappa shape index (κ2) is 8.49. The molecule has 0 aromatic heterocycles. The molecular formula is C23H25N5O2. The van der Waals surface area contributed by atoms with Crippen molar-refractivity contribution in [2.24, 2.45) is 17.1 Å². The van der Waals surface area contributed by atoms with Gasteiger partial charge in [-0.05, 0) is 44.2 Å². The highest BCUT2D eigenvalue weighted by molar-refractivity contribution is 5.60. The first-order chi connectivity index (χ1) is 14.5. The predicted molar refractivity (Wildman–Crippen MR) is 111 cm³/mol. The van der Waals surface area contributed by atoms with Crippen molar-refractivity contribution in [1.29, 1.82) is 15.8 Å². The molecule has 2 aliphatic rings. The molecule has 3 rings (SSSR count). The molecule has 0 bridgehead atoms.